The first-order chi connectivity index (χ1) is 11.5. The Kier molecular flexibility index (Phi) is 6.60. The number of likely N-dealkylation sites (tertiary alicyclic amines) is 1. The van der Waals surface area contributed by atoms with Crippen molar-refractivity contribution in [2.45, 2.75) is 70.0 Å². The van der Waals surface area contributed by atoms with Crippen LogP contribution in [0.5, 0.6) is 0 Å². The first kappa shape index (κ1) is 18.7. The number of hydrogen-bond acceptors (Lipinski definition) is 4. The summed E-state index contributed by atoms with van der Waals surface area (Å²) in [6.45, 7) is 2.30. The minimum Gasteiger partial charge on any atom is -0.368 e. The Bertz CT molecular complexity index is 476. The summed E-state index contributed by atoms with van der Waals surface area (Å²) < 4.78 is 0. The first-order valence-electron chi connectivity index (χ1n) is 9.03. The number of carbonyl (C=O) groups is 3. The van der Waals surface area contributed by atoms with Gasteiger partial charge in [-0.3, -0.25) is 14.4 Å². The van der Waals surface area contributed by atoms with E-state index in [1.807, 2.05) is 0 Å². The van der Waals surface area contributed by atoms with Crippen molar-refractivity contribution in [3.05, 3.63) is 0 Å². The van der Waals surface area contributed by atoms with Gasteiger partial charge in [-0.15, -0.1) is 0 Å². The zero-order valence-corrected chi connectivity index (χ0v) is 14.7. The molecule has 7 heteroatoms. The molecule has 1 aliphatic heterocycles. The van der Waals surface area contributed by atoms with Crippen LogP contribution in [0.3, 0.4) is 0 Å². The summed E-state index contributed by atoms with van der Waals surface area (Å²) in [5.41, 5.74) is 5.45. The highest BCUT2D eigenvalue weighted by molar-refractivity contribution is 5.93. The van der Waals surface area contributed by atoms with Crippen LogP contribution < -0.4 is 16.4 Å². The molecule has 0 spiro atoms. The Morgan fingerprint density at radius 1 is 1.08 bits per heavy atom. The molecule has 0 aromatic heterocycles. The number of rotatable bonds is 6. The normalized spacial score (nSPS) is 24.4. The topological polar surface area (TPSA) is 105 Å². The van der Waals surface area contributed by atoms with E-state index in [1.54, 1.807) is 18.9 Å². The number of carbonyl (C=O) groups excluding carboxylic acids is 3. The van der Waals surface area contributed by atoms with E-state index in [2.05, 4.69) is 10.6 Å². The molecule has 0 radical (unpaired) electrons. The lowest BCUT2D eigenvalue weighted by Crippen LogP contribution is -2.57. The predicted octanol–water partition coefficient (Wildman–Crippen LogP) is 0.136. The van der Waals surface area contributed by atoms with Crippen LogP contribution in [0.4, 0.5) is 0 Å². The molecule has 3 atom stereocenters. The molecule has 0 aromatic carbocycles. The average molecular weight is 338 g/mol. The van der Waals surface area contributed by atoms with Crippen LogP contribution in [-0.2, 0) is 14.4 Å². The molecule has 2 fully saturated rings. The van der Waals surface area contributed by atoms with Gasteiger partial charge < -0.3 is 21.3 Å². The highest BCUT2D eigenvalue weighted by Gasteiger charge is 2.40. The SMILES string of the molecule is CNC(C)C(=O)NC(C(=O)N1CCCC1C(N)=O)C1CCCCC1. The van der Waals surface area contributed by atoms with Gasteiger partial charge >= 0.3 is 0 Å². The molecule has 24 heavy (non-hydrogen) atoms. The Balaban J connectivity index is 2.15. The maximum atomic E-state index is 13.1. The second-order valence-electron chi connectivity index (χ2n) is 6.99. The Hall–Kier alpha value is -1.63. The smallest absolute Gasteiger partial charge is 0.246 e. The maximum absolute atomic E-state index is 13.1. The van der Waals surface area contributed by atoms with E-state index in [0.29, 0.717) is 13.0 Å². The number of nitrogens with one attached hydrogen (secondary N) is 2. The fraction of sp³-hybridized carbons (Fsp3) is 0.824. The van der Waals surface area contributed by atoms with E-state index in [0.717, 1.165) is 32.1 Å². The number of primary amides is 1. The summed E-state index contributed by atoms with van der Waals surface area (Å²) in [4.78, 5) is 38.6. The van der Waals surface area contributed by atoms with Crippen LogP contribution in [-0.4, -0.2) is 54.3 Å². The molecular formula is C17H30N4O3. The molecule has 0 bridgehead atoms. The van der Waals surface area contributed by atoms with Gasteiger partial charge in [-0.05, 0) is 45.6 Å². The molecule has 1 saturated heterocycles. The van der Waals surface area contributed by atoms with E-state index >= 15 is 0 Å². The van der Waals surface area contributed by atoms with Gasteiger partial charge in [0.15, 0.2) is 0 Å². The van der Waals surface area contributed by atoms with E-state index in [9.17, 15) is 14.4 Å². The van der Waals surface area contributed by atoms with Crippen LogP contribution in [0, 0.1) is 5.92 Å². The van der Waals surface area contributed by atoms with Crippen molar-refractivity contribution in [2.24, 2.45) is 11.7 Å². The quantitative estimate of drug-likeness (QED) is 0.640. The van der Waals surface area contributed by atoms with E-state index in [1.165, 1.54) is 6.42 Å². The van der Waals surface area contributed by atoms with Gasteiger partial charge in [-0.25, -0.2) is 0 Å². The Labute approximate surface area is 143 Å². The van der Waals surface area contributed by atoms with Crippen LogP contribution in [0.25, 0.3) is 0 Å². The van der Waals surface area contributed by atoms with Gasteiger partial charge in [0.05, 0.1) is 6.04 Å². The summed E-state index contributed by atoms with van der Waals surface area (Å²) in [6.07, 6.45) is 6.57. The van der Waals surface area contributed by atoms with Crippen LogP contribution in [0.1, 0.15) is 51.9 Å². The number of likely N-dealkylation sites (N-methyl/N-ethyl adjacent to an activating group) is 1. The number of hydrogen-bond donors (Lipinski definition) is 3. The van der Waals surface area contributed by atoms with Crippen LogP contribution >= 0.6 is 0 Å². The molecule has 2 rings (SSSR count). The zero-order chi connectivity index (χ0) is 17.7. The second kappa shape index (κ2) is 8.46. The molecule has 1 heterocycles. The summed E-state index contributed by atoms with van der Waals surface area (Å²) in [5.74, 6) is -0.664. The van der Waals surface area contributed by atoms with E-state index in [4.69, 9.17) is 5.73 Å². The maximum Gasteiger partial charge on any atom is 0.246 e. The summed E-state index contributed by atoms with van der Waals surface area (Å²) in [5, 5.41) is 5.83. The van der Waals surface area contributed by atoms with Crippen molar-refractivity contribution in [1.82, 2.24) is 15.5 Å². The second-order valence-corrected chi connectivity index (χ2v) is 6.99. The third-order valence-electron chi connectivity index (χ3n) is 5.38. The Morgan fingerprint density at radius 3 is 2.33 bits per heavy atom. The molecule has 2 aliphatic rings. The van der Waals surface area contributed by atoms with Crippen molar-refractivity contribution in [2.75, 3.05) is 13.6 Å². The van der Waals surface area contributed by atoms with Gasteiger partial charge in [0, 0.05) is 6.54 Å². The minimum absolute atomic E-state index is 0.133. The Morgan fingerprint density at radius 2 is 1.75 bits per heavy atom. The van der Waals surface area contributed by atoms with Crippen molar-refractivity contribution in [1.29, 1.82) is 0 Å². The number of nitrogens with zero attached hydrogens (tertiary/aromatic N) is 1. The zero-order valence-electron chi connectivity index (χ0n) is 14.7. The lowest BCUT2D eigenvalue weighted by Gasteiger charge is -2.34. The number of nitrogens with two attached hydrogens (primary N) is 1. The van der Waals surface area contributed by atoms with Crippen LogP contribution in [0.2, 0.25) is 0 Å². The molecule has 136 valence electrons. The fourth-order valence-electron chi connectivity index (χ4n) is 3.76. The first-order valence-corrected chi connectivity index (χ1v) is 9.03. The van der Waals surface area contributed by atoms with Crippen molar-refractivity contribution in [3.63, 3.8) is 0 Å². The summed E-state index contributed by atoms with van der Waals surface area (Å²) in [6, 6.07) is -1.47. The average Bonchev–Trinajstić information content (AvgIpc) is 3.09. The van der Waals surface area contributed by atoms with Crippen molar-refractivity contribution in [3.8, 4) is 0 Å². The van der Waals surface area contributed by atoms with Gasteiger partial charge in [-0.2, -0.15) is 0 Å². The molecule has 1 aliphatic carbocycles. The lowest BCUT2D eigenvalue weighted by atomic mass is 9.83. The molecule has 1 saturated carbocycles. The minimum atomic E-state index is -0.562. The third kappa shape index (κ3) is 4.26. The molecular weight excluding hydrogens is 308 g/mol. The van der Waals surface area contributed by atoms with E-state index < -0.39 is 18.0 Å². The van der Waals surface area contributed by atoms with E-state index in [-0.39, 0.29) is 23.8 Å². The monoisotopic (exact) mass is 338 g/mol. The standard InChI is InChI=1S/C17H30N4O3/c1-11(19-2)16(23)20-14(12-7-4-3-5-8-12)17(24)21-10-6-9-13(21)15(18)22/h11-14,19H,3-10H2,1-2H3,(H2,18,22)(H,20,23). The predicted molar refractivity (Wildman–Crippen MR) is 91.0 cm³/mol. The van der Waals surface area contributed by atoms with Gasteiger partial charge in [-0.1, -0.05) is 19.3 Å². The third-order valence-corrected chi connectivity index (χ3v) is 5.38. The molecule has 3 amide bonds. The largest absolute Gasteiger partial charge is 0.368 e. The van der Waals surface area contributed by atoms with Gasteiger partial charge in [0.25, 0.3) is 0 Å². The van der Waals surface area contributed by atoms with Gasteiger partial charge in [0.2, 0.25) is 17.7 Å². The molecule has 3 unspecified atom stereocenters. The highest BCUT2D eigenvalue weighted by Crippen LogP contribution is 2.29. The van der Waals surface area contributed by atoms with Crippen molar-refractivity contribution < 1.29 is 14.4 Å². The highest BCUT2D eigenvalue weighted by atomic mass is 16.2. The summed E-state index contributed by atoms with van der Waals surface area (Å²) in [7, 11) is 1.71. The van der Waals surface area contributed by atoms with Crippen molar-refractivity contribution >= 4 is 17.7 Å². The molecule has 0 aromatic rings. The molecule has 7 nitrogen and oxygen atoms in total. The van der Waals surface area contributed by atoms with Crippen LogP contribution in [0.15, 0.2) is 0 Å². The lowest BCUT2D eigenvalue weighted by molar-refractivity contribution is -0.142. The fourth-order valence-corrected chi connectivity index (χ4v) is 3.76. The number of amides is 3. The summed E-state index contributed by atoms with van der Waals surface area (Å²) >= 11 is 0. The van der Waals surface area contributed by atoms with Gasteiger partial charge in [0.1, 0.15) is 12.1 Å². The molecule has 4 N–H and O–H groups in total.